The van der Waals surface area contributed by atoms with Crippen molar-refractivity contribution in [2.75, 3.05) is 27.3 Å². The molecule has 0 aliphatic carbocycles. The molecule has 1 heterocycles. The maximum atomic E-state index is 12.0. The van der Waals surface area contributed by atoms with Gasteiger partial charge in [0.25, 0.3) is 0 Å². The first kappa shape index (κ1) is 13.7. The molecule has 0 bridgehead atoms. The molecule has 0 radical (unpaired) electrons. The Morgan fingerprint density at radius 3 is 2.24 bits per heavy atom. The van der Waals surface area contributed by atoms with Gasteiger partial charge in [-0.3, -0.25) is 4.79 Å². The van der Waals surface area contributed by atoms with E-state index in [9.17, 15) is 4.79 Å². The third kappa shape index (κ3) is 2.86. The molecule has 17 heavy (non-hydrogen) atoms. The van der Waals surface area contributed by atoms with Crippen molar-refractivity contribution >= 4 is 11.7 Å². The predicted molar refractivity (Wildman–Crippen MR) is 60.7 cm³/mol. The first-order valence-corrected chi connectivity index (χ1v) is 5.36. The lowest BCUT2D eigenvalue weighted by atomic mass is 10.1. The van der Waals surface area contributed by atoms with Crippen LogP contribution in [0.1, 0.15) is 6.92 Å². The van der Waals surface area contributed by atoms with E-state index in [2.05, 4.69) is 5.16 Å². The van der Waals surface area contributed by atoms with Gasteiger partial charge in [-0.2, -0.15) is 0 Å². The molecule has 0 aromatic heterocycles. The number of ether oxygens (including phenoxy) is 2. The van der Waals surface area contributed by atoms with Crippen molar-refractivity contribution in [2.45, 2.75) is 19.1 Å². The topological polar surface area (TPSA) is 97.4 Å². The van der Waals surface area contributed by atoms with E-state index in [1.54, 1.807) is 26.0 Å². The van der Waals surface area contributed by atoms with Crippen molar-refractivity contribution in [3.63, 3.8) is 0 Å². The summed E-state index contributed by atoms with van der Waals surface area (Å²) in [5.74, 6) is -0.931. The van der Waals surface area contributed by atoms with Crippen molar-refractivity contribution in [2.24, 2.45) is 16.8 Å². The number of hydrogen-bond acceptors (Lipinski definition) is 5. The van der Waals surface area contributed by atoms with Gasteiger partial charge in [-0.1, -0.05) is 5.16 Å². The number of nitrogens with two attached hydrogens (primary N) is 1. The Kier molecular flexibility index (Phi) is 4.71. The van der Waals surface area contributed by atoms with Crippen LogP contribution in [0.2, 0.25) is 0 Å². The Hall–Kier alpha value is -1.34. The molecule has 7 heteroatoms. The molecule has 7 nitrogen and oxygen atoms in total. The lowest BCUT2D eigenvalue weighted by Gasteiger charge is -2.19. The zero-order valence-corrected chi connectivity index (χ0v) is 10.3. The average Bonchev–Trinajstić information content (AvgIpc) is 2.78. The molecule has 3 N–H and O–H groups in total. The minimum Gasteiger partial charge on any atom is -0.409 e. The molecule has 0 saturated carbocycles. The summed E-state index contributed by atoms with van der Waals surface area (Å²) in [5, 5.41) is 11.4. The zero-order chi connectivity index (χ0) is 13.0. The van der Waals surface area contributed by atoms with Gasteiger partial charge in [0.2, 0.25) is 5.91 Å². The summed E-state index contributed by atoms with van der Waals surface area (Å²) in [5.41, 5.74) is 5.41. The second kappa shape index (κ2) is 5.83. The highest BCUT2D eigenvalue weighted by molar-refractivity contribution is 6.01. The normalized spacial score (nSPS) is 27.2. The van der Waals surface area contributed by atoms with E-state index in [1.165, 1.54) is 0 Å². The first-order chi connectivity index (χ1) is 8.04. The van der Waals surface area contributed by atoms with E-state index in [0.717, 1.165) is 0 Å². The summed E-state index contributed by atoms with van der Waals surface area (Å²) in [6.07, 6.45) is -0.271. The summed E-state index contributed by atoms with van der Waals surface area (Å²) in [4.78, 5) is 13.6. The molecule has 0 aromatic rings. The quantitative estimate of drug-likeness (QED) is 0.294. The monoisotopic (exact) mass is 245 g/mol. The number of oxime groups is 1. The Morgan fingerprint density at radius 1 is 1.41 bits per heavy atom. The van der Waals surface area contributed by atoms with Crippen LogP contribution in [0.3, 0.4) is 0 Å². The maximum absolute atomic E-state index is 12.0. The fourth-order valence-electron chi connectivity index (χ4n) is 1.86. The van der Waals surface area contributed by atoms with Crippen LogP contribution in [0.25, 0.3) is 0 Å². The maximum Gasteiger partial charge on any atom is 0.233 e. The van der Waals surface area contributed by atoms with Gasteiger partial charge in [0.1, 0.15) is 12.2 Å². The van der Waals surface area contributed by atoms with E-state index < -0.39 is 5.92 Å². The van der Waals surface area contributed by atoms with Crippen molar-refractivity contribution < 1.29 is 19.5 Å². The molecule has 1 saturated heterocycles. The van der Waals surface area contributed by atoms with E-state index >= 15 is 0 Å². The number of likely N-dealkylation sites (tertiary alicyclic amines) is 1. The first-order valence-electron chi connectivity index (χ1n) is 5.36. The molecule has 0 spiro atoms. The highest BCUT2D eigenvalue weighted by Gasteiger charge is 2.37. The van der Waals surface area contributed by atoms with Crippen LogP contribution in [0.5, 0.6) is 0 Å². The Balaban J connectivity index is 2.67. The summed E-state index contributed by atoms with van der Waals surface area (Å²) in [6.45, 7) is 2.51. The van der Waals surface area contributed by atoms with E-state index in [1.807, 2.05) is 0 Å². The molecule has 0 aromatic carbocycles. The number of hydrogen-bond donors (Lipinski definition) is 2. The molecule has 3 atom stereocenters. The number of carbonyl (C=O) groups is 1. The van der Waals surface area contributed by atoms with Crippen LogP contribution < -0.4 is 5.73 Å². The predicted octanol–water partition coefficient (Wildman–Crippen LogP) is -0.759. The van der Waals surface area contributed by atoms with Crippen molar-refractivity contribution in [1.82, 2.24) is 4.90 Å². The summed E-state index contributed by atoms with van der Waals surface area (Å²) in [6, 6.07) is 0. The van der Waals surface area contributed by atoms with Gasteiger partial charge in [0.05, 0.1) is 5.92 Å². The second-order valence-electron chi connectivity index (χ2n) is 4.04. The molecule has 3 unspecified atom stereocenters. The van der Waals surface area contributed by atoms with E-state index in [4.69, 9.17) is 20.4 Å². The summed E-state index contributed by atoms with van der Waals surface area (Å²) in [7, 11) is 3.16. The van der Waals surface area contributed by atoms with E-state index in [0.29, 0.717) is 13.1 Å². The zero-order valence-electron chi connectivity index (χ0n) is 10.3. The lowest BCUT2D eigenvalue weighted by Crippen LogP contribution is -2.40. The number of rotatable bonds is 4. The molecule has 98 valence electrons. The number of amides is 1. The van der Waals surface area contributed by atoms with Crippen molar-refractivity contribution in [3.05, 3.63) is 0 Å². The van der Waals surface area contributed by atoms with Crippen LogP contribution in [0, 0.1) is 5.92 Å². The summed E-state index contributed by atoms with van der Waals surface area (Å²) >= 11 is 0. The minimum absolute atomic E-state index is 0.0927. The van der Waals surface area contributed by atoms with Gasteiger partial charge in [0, 0.05) is 27.3 Å². The molecular weight excluding hydrogens is 226 g/mol. The highest BCUT2D eigenvalue weighted by Crippen LogP contribution is 2.18. The SMILES string of the molecule is COC1CN(C(=O)C(C)C(N)=NO)CC1OC. The second-order valence-corrected chi connectivity index (χ2v) is 4.04. The van der Waals surface area contributed by atoms with Gasteiger partial charge >= 0.3 is 0 Å². The fourth-order valence-corrected chi connectivity index (χ4v) is 1.86. The van der Waals surface area contributed by atoms with Gasteiger partial charge in [-0.25, -0.2) is 0 Å². The minimum atomic E-state index is -0.645. The number of methoxy groups -OCH3 is 2. The number of nitrogens with zero attached hydrogens (tertiary/aromatic N) is 2. The third-order valence-electron chi connectivity index (χ3n) is 3.06. The molecule has 1 aliphatic heterocycles. The van der Waals surface area contributed by atoms with E-state index in [-0.39, 0.29) is 24.0 Å². The van der Waals surface area contributed by atoms with Gasteiger partial charge < -0.3 is 25.3 Å². The standard InChI is InChI=1S/C10H19N3O4/c1-6(9(11)12-15)10(14)13-4-7(16-2)8(5-13)17-3/h6-8,15H,4-5H2,1-3H3,(H2,11,12). The Morgan fingerprint density at radius 2 is 1.88 bits per heavy atom. The van der Waals surface area contributed by atoms with Gasteiger partial charge in [-0.15, -0.1) is 0 Å². The number of amidine groups is 1. The Labute approximate surface area is 100 Å². The molecule has 1 amide bonds. The van der Waals surface area contributed by atoms with Crippen molar-refractivity contribution in [3.8, 4) is 0 Å². The number of carbonyl (C=O) groups excluding carboxylic acids is 1. The molecule has 1 fully saturated rings. The average molecular weight is 245 g/mol. The largest absolute Gasteiger partial charge is 0.409 e. The summed E-state index contributed by atoms with van der Waals surface area (Å²) < 4.78 is 10.5. The lowest BCUT2D eigenvalue weighted by molar-refractivity contribution is -0.132. The van der Waals surface area contributed by atoms with Crippen LogP contribution in [0.15, 0.2) is 5.16 Å². The van der Waals surface area contributed by atoms with Gasteiger partial charge in [0.15, 0.2) is 5.84 Å². The van der Waals surface area contributed by atoms with Crippen LogP contribution in [0.4, 0.5) is 0 Å². The molecule has 1 rings (SSSR count). The molecular formula is C10H19N3O4. The molecule has 1 aliphatic rings. The van der Waals surface area contributed by atoms with Crippen LogP contribution in [-0.4, -0.2) is 61.4 Å². The Bertz CT molecular complexity index is 296. The van der Waals surface area contributed by atoms with Crippen LogP contribution in [-0.2, 0) is 14.3 Å². The fraction of sp³-hybridized carbons (Fsp3) is 0.800. The van der Waals surface area contributed by atoms with Crippen LogP contribution >= 0.6 is 0 Å². The van der Waals surface area contributed by atoms with Crippen molar-refractivity contribution in [1.29, 1.82) is 0 Å². The van der Waals surface area contributed by atoms with Gasteiger partial charge in [-0.05, 0) is 6.92 Å². The smallest absolute Gasteiger partial charge is 0.233 e. The third-order valence-corrected chi connectivity index (χ3v) is 3.06. The highest BCUT2D eigenvalue weighted by atomic mass is 16.5.